The summed E-state index contributed by atoms with van der Waals surface area (Å²) in [6, 6.07) is 57.9. The van der Waals surface area contributed by atoms with Crippen LogP contribution in [0.1, 0.15) is 0 Å². The van der Waals surface area contributed by atoms with Crippen molar-refractivity contribution in [2.75, 3.05) is 0 Å². The molecule has 7 aromatic carbocycles. The average molecular weight is 653 g/mol. The average Bonchev–Trinajstić information content (AvgIpc) is 3.61. The maximum absolute atomic E-state index is 6.73. The number of nitrogens with zero attached hydrogens (tertiary/aromatic N) is 4. The first-order valence-electron chi connectivity index (χ1n) is 17.0. The summed E-state index contributed by atoms with van der Waals surface area (Å²) in [6.45, 7) is 0. The quantitative estimate of drug-likeness (QED) is 0.173. The highest BCUT2D eigenvalue weighted by atomic mass is 16.3. The first kappa shape index (κ1) is 29.0. The van der Waals surface area contributed by atoms with Crippen LogP contribution in [0.25, 0.3) is 100 Å². The lowest BCUT2D eigenvalue weighted by Gasteiger charge is -2.14. The summed E-state index contributed by atoms with van der Waals surface area (Å²) >= 11 is 0. The summed E-state index contributed by atoms with van der Waals surface area (Å²) in [4.78, 5) is 20.0. The predicted molar refractivity (Wildman–Crippen MR) is 207 cm³/mol. The van der Waals surface area contributed by atoms with E-state index in [1.165, 1.54) is 0 Å². The Morgan fingerprint density at radius 2 is 0.843 bits per heavy atom. The van der Waals surface area contributed by atoms with Gasteiger partial charge in [0, 0.05) is 54.7 Å². The molecule has 5 nitrogen and oxygen atoms in total. The number of pyridine rings is 1. The molecule has 0 saturated heterocycles. The summed E-state index contributed by atoms with van der Waals surface area (Å²) in [6.07, 6.45) is 0. The van der Waals surface area contributed by atoms with E-state index in [9.17, 15) is 0 Å². The van der Waals surface area contributed by atoms with Crippen molar-refractivity contribution in [1.29, 1.82) is 0 Å². The van der Waals surface area contributed by atoms with Crippen molar-refractivity contribution in [2.24, 2.45) is 0 Å². The van der Waals surface area contributed by atoms with Gasteiger partial charge < -0.3 is 4.42 Å². The Morgan fingerprint density at radius 3 is 1.47 bits per heavy atom. The first-order chi connectivity index (χ1) is 25.3. The molecule has 0 atom stereocenters. The van der Waals surface area contributed by atoms with Crippen molar-refractivity contribution >= 4 is 43.6 Å². The molecule has 10 rings (SSSR count). The van der Waals surface area contributed by atoms with Gasteiger partial charge in [-0.15, -0.1) is 0 Å². The summed E-state index contributed by atoms with van der Waals surface area (Å²) in [5.41, 5.74) is 9.47. The molecule has 0 fully saturated rings. The normalized spacial score (nSPS) is 11.5. The van der Waals surface area contributed by atoms with Gasteiger partial charge in [0.15, 0.2) is 17.5 Å². The van der Waals surface area contributed by atoms with Crippen molar-refractivity contribution in [3.8, 4) is 56.5 Å². The van der Waals surface area contributed by atoms with Crippen LogP contribution in [0.15, 0.2) is 174 Å². The molecular formula is C46H28N4O. The lowest BCUT2D eigenvalue weighted by molar-refractivity contribution is 0.670. The zero-order valence-electron chi connectivity index (χ0n) is 27.4. The van der Waals surface area contributed by atoms with E-state index in [0.29, 0.717) is 17.5 Å². The minimum atomic E-state index is 0.615. The number of aromatic nitrogens is 4. The largest absolute Gasteiger partial charge is 0.455 e. The van der Waals surface area contributed by atoms with Crippen molar-refractivity contribution < 1.29 is 4.42 Å². The van der Waals surface area contributed by atoms with E-state index in [2.05, 4.69) is 91.0 Å². The van der Waals surface area contributed by atoms with Gasteiger partial charge in [-0.1, -0.05) is 152 Å². The minimum Gasteiger partial charge on any atom is -0.455 e. The highest BCUT2D eigenvalue weighted by Crippen LogP contribution is 2.45. The molecule has 5 heteroatoms. The number of hydrogen-bond acceptors (Lipinski definition) is 5. The minimum absolute atomic E-state index is 0.615. The van der Waals surface area contributed by atoms with Gasteiger partial charge in [0.25, 0.3) is 0 Å². The summed E-state index contributed by atoms with van der Waals surface area (Å²) in [5, 5.41) is 5.50. The van der Waals surface area contributed by atoms with E-state index >= 15 is 0 Å². The van der Waals surface area contributed by atoms with Crippen LogP contribution in [0.3, 0.4) is 0 Å². The van der Waals surface area contributed by atoms with Crippen LogP contribution in [0.2, 0.25) is 0 Å². The van der Waals surface area contributed by atoms with Gasteiger partial charge in [-0.3, -0.25) is 0 Å². The standard InChI is InChI=1S/C46H28N4O/c1-4-14-30(15-5-1)42-37-28-36(43-41(35-21-11-13-23-39(35)51-43)40(37)34-20-10-12-22-38(34)47-42)29-24-26-33(27-25-29)46-49-44(31-16-6-2-7-17-31)48-45(50-46)32-18-8-3-9-19-32/h1-28H. The van der Waals surface area contributed by atoms with Crippen molar-refractivity contribution in [3.63, 3.8) is 0 Å². The molecule has 10 aromatic rings. The SMILES string of the molecule is c1ccc(-c2nc(-c3ccccc3)nc(-c3ccc(-c4cc5c(-c6ccccc6)nc6ccccc6c5c5c4oc4ccccc45)cc3)n2)cc1. The van der Waals surface area contributed by atoms with Gasteiger partial charge in [0.05, 0.1) is 11.2 Å². The zero-order chi connectivity index (χ0) is 33.7. The number of benzene rings is 7. The Balaban J connectivity index is 1.20. The van der Waals surface area contributed by atoms with Crippen LogP contribution in [0.4, 0.5) is 0 Å². The smallest absolute Gasteiger partial charge is 0.164 e. The van der Waals surface area contributed by atoms with Crippen LogP contribution in [-0.4, -0.2) is 19.9 Å². The van der Waals surface area contributed by atoms with E-state index in [4.69, 9.17) is 24.4 Å². The van der Waals surface area contributed by atoms with Gasteiger partial charge in [0.2, 0.25) is 0 Å². The lowest BCUT2D eigenvalue weighted by atomic mass is 9.91. The summed E-state index contributed by atoms with van der Waals surface area (Å²) < 4.78 is 6.73. The Kier molecular flexibility index (Phi) is 6.74. The van der Waals surface area contributed by atoms with Gasteiger partial charge in [-0.2, -0.15) is 0 Å². The van der Waals surface area contributed by atoms with E-state index in [1.807, 2.05) is 78.9 Å². The molecule has 0 amide bonds. The molecular weight excluding hydrogens is 625 g/mol. The van der Waals surface area contributed by atoms with Gasteiger partial charge in [-0.05, 0) is 23.8 Å². The number of rotatable bonds is 5. The van der Waals surface area contributed by atoms with Crippen LogP contribution in [0.5, 0.6) is 0 Å². The molecule has 0 spiro atoms. The number of fused-ring (bicyclic) bond motifs is 7. The Bertz CT molecular complexity index is 2830. The molecule has 0 radical (unpaired) electrons. The van der Waals surface area contributed by atoms with Gasteiger partial charge in [0.1, 0.15) is 11.2 Å². The fourth-order valence-electron chi connectivity index (χ4n) is 7.10. The van der Waals surface area contributed by atoms with Crippen molar-refractivity contribution in [1.82, 2.24) is 19.9 Å². The van der Waals surface area contributed by atoms with E-state index in [1.54, 1.807) is 0 Å². The third-order valence-electron chi connectivity index (χ3n) is 9.51. The highest BCUT2D eigenvalue weighted by Gasteiger charge is 2.21. The zero-order valence-corrected chi connectivity index (χ0v) is 27.4. The monoisotopic (exact) mass is 652 g/mol. The third-order valence-corrected chi connectivity index (χ3v) is 9.51. The molecule has 0 aliphatic carbocycles. The van der Waals surface area contributed by atoms with Gasteiger partial charge >= 0.3 is 0 Å². The third kappa shape index (κ3) is 4.94. The van der Waals surface area contributed by atoms with Crippen LogP contribution in [0, 0.1) is 0 Å². The molecule has 3 aromatic heterocycles. The molecule has 238 valence electrons. The molecule has 0 unspecified atom stereocenters. The second kappa shape index (κ2) is 11.9. The van der Waals surface area contributed by atoms with E-state index in [0.717, 1.165) is 82.7 Å². The highest BCUT2D eigenvalue weighted by molar-refractivity contribution is 6.30. The topological polar surface area (TPSA) is 64.7 Å². The fraction of sp³-hybridized carbons (Fsp3) is 0. The molecule has 0 N–H and O–H groups in total. The van der Waals surface area contributed by atoms with Crippen LogP contribution in [-0.2, 0) is 0 Å². The van der Waals surface area contributed by atoms with Crippen molar-refractivity contribution in [2.45, 2.75) is 0 Å². The van der Waals surface area contributed by atoms with E-state index in [-0.39, 0.29) is 0 Å². The molecule has 0 saturated carbocycles. The second-order valence-electron chi connectivity index (χ2n) is 12.6. The predicted octanol–water partition coefficient (Wildman–Crippen LogP) is 11.8. The van der Waals surface area contributed by atoms with Crippen LogP contribution < -0.4 is 0 Å². The lowest BCUT2D eigenvalue weighted by Crippen LogP contribution is -2.00. The molecule has 0 bridgehead atoms. The Morgan fingerprint density at radius 1 is 0.353 bits per heavy atom. The maximum Gasteiger partial charge on any atom is 0.164 e. The molecule has 3 heterocycles. The summed E-state index contributed by atoms with van der Waals surface area (Å²) in [5.74, 6) is 1.88. The molecule has 0 aliphatic heterocycles. The number of hydrogen-bond donors (Lipinski definition) is 0. The first-order valence-corrected chi connectivity index (χ1v) is 17.0. The van der Waals surface area contributed by atoms with E-state index < -0.39 is 0 Å². The summed E-state index contributed by atoms with van der Waals surface area (Å²) in [7, 11) is 0. The number of para-hydroxylation sites is 2. The maximum atomic E-state index is 6.73. The molecule has 0 aliphatic rings. The molecule has 51 heavy (non-hydrogen) atoms. The Labute approximate surface area is 293 Å². The Hall–Kier alpha value is -6.98. The fourth-order valence-corrected chi connectivity index (χ4v) is 7.10. The van der Waals surface area contributed by atoms with Gasteiger partial charge in [-0.25, -0.2) is 19.9 Å². The number of furan rings is 1. The second-order valence-corrected chi connectivity index (χ2v) is 12.6. The van der Waals surface area contributed by atoms with Crippen LogP contribution >= 0.6 is 0 Å². The van der Waals surface area contributed by atoms with Crippen molar-refractivity contribution in [3.05, 3.63) is 170 Å².